The van der Waals surface area contributed by atoms with Crippen molar-refractivity contribution in [2.45, 2.75) is 4.21 Å². The second kappa shape index (κ2) is 4.54. The molecule has 4 nitrogen and oxygen atoms in total. The second-order valence-electron chi connectivity index (χ2n) is 2.97. The Labute approximate surface area is 101 Å². The fraction of sp³-hybridized carbons (Fsp3) is 0. The number of para-hydroxylation sites is 1. The van der Waals surface area contributed by atoms with Gasteiger partial charge < -0.3 is 5.11 Å². The van der Waals surface area contributed by atoms with Crippen LogP contribution < -0.4 is 5.32 Å². The van der Waals surface area contributed by atoms with E-state index in [0.717, 1.165) is 0 Å². The van der Waals surface area contributed by atoms with E-state index in [1.54, 1.807) is 24.4 Å². The number of nitrogens with zero attached hydrogens (tertiary/aromatic N) is 1. The molecule has 0 atom stereocenters. The molecule has 1 aromatic carbocycles. The van der Waals surface area contributed by atoms with Crippen LogP contribution in [-0.2, 0) is 0 Å². The van der Waals surface area contributed by atoms with E-state index >= 15 is 0 Å². The largest absolute Gasteiger partial charge is 0.507 e. The first-order chi connectivity index (χ1) is 7.66. The summed E-state index contributed by atoms with van der Waals surface area (Å²) < 4.78 is 0.715. The number of carbonyl (C=O) groups excluding carboxylic acids is 1. The number of anilines is 1. The Morgan fingerprint density at radius 2 is 2.19 bits per heavy atom. The van der Waals surface area contributed by atoms with E-state index in [-0.39, 0.29) is 17.2 Å². The maximum Gasteiger partial charge on any atom is 0.261 e. The van der Waals surface area contributed by atoms with Gasteiger partial charge in [0.25, 0.3) is 5.91 Å². The molecule has 6 heteroatoms. The van der Waals surface area contributed by atoms with Crippen LogP contribution in [0.1, 0.15) is 10.4 Å². The van der Waals surface area contributed by atoms with Crippen molar-refractivity contribution >= 4 is 35.0 Å². The third-order valence-corrected chi connectivity index (χ3v) is 2.97. The van der Waals surface area contributed by atoms with Crippen molar-refractivity contribution in [2.75, 3.05) is 5.32 Å². The monoisotopic (exact) mass is 252 g/mol. The number of thiazole rings is 1. The van der Waals surface area contributed by atoms with Crippen LogP contribution in [0.15, 0.2) is 34.7 Å². The molecule has 0 radical (unpaired) electrons. The van der Waals surface area contributed by atoms with Crippen molar-refractivity contribution in [1.82, 2.24) is 4.98 Å². The summed E-state index contributed by atoms with van der Waals surface area (Å²) >= 11 is 5.35. The first-order valence-corrected chi connectivity index (χ1v) is 5.67. The van der Waals surface area contributed by atoms with Crippen molar-refractivity contribution in [3.8, 4) is 5.75 Å². The molecular weight excluding hydrogens is 244 g/mol. The van der Waals surface area contributed by atoms with Crippen LogP contribution >= 0.6 is 24.0 Å². The number of hydrogen-bond donors (Lipinski definition) is 3. The Balaban J connectivity index is 2.18. The Bertz CT molecular complexity index is 525. The molecule has 1 amide bonds. The summed E-state index contributed by atoms with van der Waals surface area (Å²) in [6.07, 6.45) is 1.55. The van der Waals surface area contributed by atoms with E-state index < -0.39 is 0 Å². The van der Waals surface area contributed by atoms with Crippen LogP contribution in [0.2, 0.25) is 0 Å². The molecule has 0 bridgehead atoms. The number of phenols is 1. The second-order valence-corrected chi connectivity index (χ2v) is 4.79. The smallest absolute Gasteiger partial charge is 0.261 e. The van der Waals surface area contributed by atoms with Gasteiger partial charge in [0.15, 0.2) is 5.13 Å². The maximum atomic E-state index is 11.7. The van der Waals surface area contributed by atoms with E-state index in [1.165, 1.54) is 17.4 Å². The summed E-state index contributed by atoms with van der Waals surface area (Å²) in [7, 11) is 0. The molecule has 82 valence electrons. The highest BCUT2D eigenvalue weighted by Crippen LogP contribution is 2.23. The number of aromatic nitrogens is 1. The Morgan fingerprint density at radius 3 is 2.81 bits per heavy atom. The predicted molar refractivity (Wildman–Crippen MR) is 65.4 cm³/mol. The molecule has 0 aliphatic rings. The molecule has 0 fully saturated rings. The van der Waals surface area contributed by atoms with Gasteiger partial charge in [-0.3, -0.25) is 10.1 Å². The number of nitrogens with one attached hydrogen (secondary N) is 1. The summed E-state index contributed by atoms with van der Waals surface area (Å²) in [6.45, 7) is 0. The fourth-order valence-electron chi connectivity index (χ4n) is 1.15. The van der Waals surface area contributed by atoms with Crippen molar-refractivity contribution in [3.63, 3.8) is 0 Å². The van der Waals surface area contributed by atoms with Crippen LogP contribution in [0.5, 0.6) is 5.75 Å². The average Bonchev–Trinajstić information content (AvgIpc) is 2.64. The first kappa shape index (κ1) is 11.0. The van der Waals surface area contributed by atoms with Gasteiger partial charge in [-0.1, -0.05) is 23.5 Å². The molecule has 2 rings (SSSR count). The molecule has 1 heterocycles. The van der Waals surface area contributed by atoms with E-state index in [1.807, 2.05) is 0 Å². The number of thiol groups is 1. The number of amides is 1. The molecule has 16 heavy (non-hydrogen) atoms. The van der Waals surface area contributed by atoms with Gasteiger partial charge in [-0.25, -0.2) is 4.98 Å². The van der Waals surface area contributed by atoms with Gasteiger partial charge in [-0.2, -0.15) is 0 Å². The van der Waals surface area contributed by atoms with Crippen molar-refractivity contribution in [2.24, 2.45) is 0 Å². The fourth-order valence-corrected chi connectivity index (χ4v) is 2.02. The lowest BCUT2D eigenvalue weighted by atomic mass is 10.2. The lowest BCUT2D eigenvalue weighted by Gasteiger charge is -2.03. The molecule has 2 aromatic rings. The molecule has 0 aliphatic heterocycles. The van der Waals surface area contributed by atoms with Crippen molar-refractivity contribution in [3.05, 3.63) is 36.0 Å². The molecular formula is C10H8N2O2S2. The minimum Gasteiger partial charge on any atom is -0.507 e. The lowest BCUT2D eigenvalue weighted by molar-refractivity contribution is 0.102. The number of benzene rings is 1. The van der Waals surface area contributed by atoms with E-state index in [4.69, 9.17) is 0 Å². The topological polar surface area (TPSA) is 62.2 Å². The zero-order chi connectivity index (χ0) is 11.5. The van der Waals surface area contributed by atoms with Gasteiger partial charge in [0.1, 0.15) is 5.75 Å². The van der Waals surface area contributed by atoms with Gasteiger partial charge in [0, 0.05) is 0 Å². The normalized spacial score (nSPS) is 10.1. The summed E-state index contributed by atoms with van der Waals surface area (Å²) in [5.41, 5.74) is 0.221. The van der Waals surface area contributed by atoms with Gasteiger partial charge >= 0.3 is 0 Å². The van der Waals surface area contributed by atoms with Gasteiger partial charge in [-0.05, 0) is 12.1 Å². The number of carbonyl (C=O) groups is 1. The minimum atomic E-state index is -0.388. The van der Waals surface area contributed by atoms with Crippen LogP contribution in [0.3, 0.4) is 0 Å². The van der Waals surface area contributed by atoms with E-state index in [0.29, 0.717) is 9.34 Å². The zero-order valence-electron chi connectivity index (χ0n) is 8.04. The highest BCUT2D eigenvalue weighted by molar-refractivity contribution is 7.83. The Hall–Kier alpha value is -1.53. The number of aromatic hydroxyl groups is 1. The third kappa shape index (κ3) is 2.34. The SMILES string of the molecule is O=C(Nc1ncc(S)s1)c1ccccc1O. The van der Waals surface area contributed by atoms with Gasteiger partial charge in [0.2, 0.25) is 0 Å². The van der Waals surface area contributed by atoms with Crippen LogP contribution in [0.25, 0.3) is 0 Å². The molecule has 0 unspecified atom stereocenters. The molecule has 1 aromatic heterocycles. The highest BCUT2D eigenvalue weighted by Gasteiger charge is 2.11. The summed E-state index contributed by atoms with van der Waals surface area (Å²) in [6, 6.07) is 6.34. The van der Waals surface area contributed by atoms with Crippen molar-refractivity contribution in [1.29, 1.82) is 0 Å². The quantitative estimate of drug-likeness (QED) is 0.719. The molecule has 2 N–H and O–H groups in total. The van der Waals surface area contributed by atoms with E-state index in [9.17, 15) is 9.90 Å². The minimum absolute atomic E-state index is 0.0531. The van der Waals surface area contributed by atoms with Crippen LogP contribution in [-0.4, -0.2) is 16.0 Å². The van der Waals surface area contributed by atoms with Crippen molar-refractivity contribution < 1.29 is 9.90 Å². The standard InChI is InChI=1S/C10H8N2O2S2/c13-7-4-2-1-3-6(7)9(14)12-10-11-5-8(15)16-10/h1-5,13,15H,(H,11,12,14). The molecule has 0 aliphatic carbocycles. The first-order valence-electron chi connectivity index (χ1n) is 4.41. The van der Waals surface area contributed by atoms with Crippen LogP contribution in [0.4, 0.5) is 5.13 Å². The summed E-state index contributed by atoms with van der Waals surface area (Å²) in [5, 5.41) is 12.5. The number of rotatable bonds is 2. The maximum absolute atomic E-state index is 11.7. The van der Waals surface area contributed by atoms with Gasteiger partial charge in [0.05, 0.1) is 16.0 Å². The van der Waals surface area contributed by atoms with Gasteiger partial charge in [-0.15, -0.1) is 12.6 Å². The Kier molecular flexibility index (Phi) is 3.12. The molecule has 0 saturated heterocycles. The number of phenolic OH excluding ortho intramolecular Hbond substituents is 1. The lowest BCUT2D eigenvalue weighted by Crippen LogP contribution is -2.11. The Morgan fingerprint density at radius 1 is 1.44 bits per heavy atom. The molecule has 0 spiro atoms. The van der Waals surface area contributed by atoms with Crippen LogP contribution in [0, 0.1) is 0 Å². The number of hydrogen-bond acceptors (Lipinski definition) is 5. The predicted octanol–water partition coefficient (Wildman–Crippen LogP) is 2.39. The average molecular weight is 252 g/mol. The summed E-state index contributed by atoms with van der Waals surface area (Å²) in [4.78, 5) is 15.7. The highest BCUT2D eigenvalue weighted by atomic mass is 32.2. The third-order valence-electron chi connectivity index (χ3n) is 1.86. The zero-order valence-corrected chi connectivity index (χ0v) is 9.76. The summed E-state index contributed by atoms with van der Waals surface area (Å²) in [5.74, 6) is -0.441. The molecule has 0 saturated carbocycles. The van der Waals surface area contributed by atoms with E-state index in [2.05, 4.69) is 22.9 Å².